The van der Waals surface area contributed by atoms with Gasteiger partial charge in [0.2, 0.25) is 0 Å². The van der Waals surface area contributed by atoms with Crippen molar-refractivity contribution < 1.29 is 4.74 Å². The molecule has 1 aromatic carbocycles. The van der Waals surface area contributed by atoms with Crippen LogP contribution in [0.1, 0.15) is 38.3 Å². The molecule has 0 saturated heterocycles. The largest absolute Gasteiger partial charge is 0.493 e. The number of hydrogen-bond donors (Lipinski definition) is 1. The number of nitrogens with one attached hydrogen (secondary N) is 1. The average molecular weight is 312 g/mol. The van der Waals surface area contributed by atoms with Crippen LogP contribution in [-0.4, -0.2) is 13.2 Å². The molecule has 0 spiro atoms. The van der Waals surface area contributed by atoms with E-state index >= 15 is 0 Å². The monoisotopic (exact) mass is 311 g/mol. The van der Waals surface area contributed by atoms with Gasteiger partial charge in [-0.25, -0.2) is 0 Å². The van der Waals surface area contributed by atoms with Gasteiger partial charge in [-0.05, 0) is 44.5 Å². The molecule has 1 aromatic rings. The highest BCUT2D eigenvalue weighted by atomic mass is 79.9. The number of rotatable bonds is 8. The highest BCUT2D eigenvalue weighted by Crippen LogP contribution is 2.28. The van der Waals surface area contributed by atoms with E-state index < -0.39 is 0 Å². The molecule has 1 N–H and O–H groups in total. The van der Waals surface area contributed by atoms with Gasteiger partial charge >= 0.3 is 0 Å². The van der Waals surface area contributed by atoms with E-state index in [1.165, 1.54) is 5.56 Å². The summed E-state index contributed by atoms with van der Waals surface area (Å²) in [5.74, 6) is 0.955. The fourth-order valence-corrected chi connectivity index (χ4v) is 2.09. The van der Waals surface area contributed by atoms with Crippen LogP contribution in [0.15, 0.2) is 35.3 Å². The van der Waals surface area contributed by atoms with E-state index in [1.807, 2.05) is 18.2 Å². The number of hydrogen-bond acceptors (Lipinski definition) is 2. The second-order valence-corrected chi connectivity index (χ2v) is 5.20. The first kappa shape index (κ1) is 15.3. The van der Waals surface area contributed by atoms with Gasteiger partial charge in [-0.3, -0.25) is 0 Å². The van der Waals surface area contributed by atoms with Gasteiger partial charge in [-0.15, -0.1) is 6.58 Å². The van der Waals surface area contributed by atoms with Crippen LogP contribution in [-0.2, 0) is 0 Å². The Hall–Kier alpha value is -0.800. The first-order chi connectivity index (χ1) is 8.69. The van der Waals surface area contributed by atoms with Gasteiger partial charge < -0.3 is 10.1 Å². The molecule has 0 aliphatic heterocycles. The Bertz CT molecular complexity index is 379. The van der Waals surface area contributed by atoms with Gasteiger partial charge in [-0.1, -0.05) is 28.9 Å². The Balaban J connectivity index is 2.78. The Labute approximate surface area is 119 Å². The van der Waals surface area contributed by atoms with Gasteiger partial charge in [0.25, 0.3) is 0 Å². The van der Waals surface area contributed by atoms with Crippen LogP contribution >= 0.6 is 15.9 Å². The smallest absolute Gasteiger partial charge is 0.124 e. The van der Waals surface area contributed by atoms with Crippen LogP contribution in [0.2, 0.25) is 0 Å². The molecule has 1 unspecified atom stereocenters. The molecule has 1 rings (SSSR count). The fourth-order valence-electron chi connectivity index (χ4n) is 1.71. The van der Waals surface area contributed by atoms with E-state index in [2.05, 4.69) is 47.7 Å². The van der Waals surface area contributed by atoms with E-state index in [0.717, 1.165) is 29.6 Å². The molecule has 0 aliphatic carbocycles. The molecule has 0 heterocycles. The minimum absolute atomic E-state index is 0.293. The summed E-state index contributed by atoms with van der Waals surface area (Å²) in [5, 5.41) is 3.49. The molecular weight excluding hydrogens is 290 g/mol. The van der Waals surface area contributed by atoms with Crippen molar-refractivity contribution in [2.24, 2.45) is 0 Å². The summed E-state index contributed by atoms with van der Waals surface area (Å²) in [5.41, 5.74) is 1.20. The average Bonchev–Trinajstić information content (AvgIpc) is 2.38. The van der Waals surface area contributed by atoms with Crippen molar-refractivity contribution in [1.29, 1.82) is 0 Å². The van der Waals surface area contributed by atoms with E-state index in [-0.39, 0.29) is 0 Å². The normalized spacial score (nSPS) is 12.2. The second kappa shape index (κ2) is 8.33. The number of ether oxygens (including phenoxy) is 1. The van der Waals surface area contributed by atoms with Crippen LogP contribution in [0.25, 0.3) is 0 Å². The second-order valence-electron chi connectivity index (χ2n) is 4.28. The molecule has 0 bridgehead atoms. The fraction of sp³-hybridized carbons (Fsp3) is 0.467. The van der Waals surface area contributed by atoms with Gasteiger partial charge in [-0.2, -0.15) is 0 Å². The summed E-state index contributed by atoms with van der Waals surface area (Å²) in [7, 11) is 0. The molecule has 0 aliphatic rings. The molecule has 100 valence electrons. The maximum atomic E-state index is 5.80. The van der Waals surface area contributed by atoms with E-state index in [4.69, 9.17) is 4.74 Å². The van der Waals surface area contributed by atoms with Crippen LogP contribution in [0.4, 0.5) is 0 Å². The van der Waals surface area contributed by atoms with Crippen molar-refractivity contribution in [2.75, 3.05) is 13.2 Å². The minimum atomic E-state index is 0.293. The Morgan fingerprint density at radius 2 is 2.28 bits per heavy atom. The van der Waals surface area contributed by atoms with E-state index in [1.54, 1.807) is 0 Å². The topological polar surface area (TPSA) is 21.3 Å². The lowest BCUT2D eigenvalue weighted by Crippen LogP contribution is -2.20. The van der Waals surface area contributed by atoms with Gasteiger partial charge in [0.1, 0.15) is 5.75 Å². The summed E-state index contributed by atoms with van der Waals surface area (Å²) in [6.07, 6.45) is 3.87. The molecule has 0 fully saturated rings. The van der Waals surface area contributed by atoms with Crippen molar-refractivity contribution >= 4 is 15.9 Å². The quantitative estimate of drug-likeness (QED) is 0.565. The van der Waals surface area contributed by atoms with Gasteiger partial charge in [0.05, 0.1) is 6.61 Å². The Kier molecular flexibility index (Phi) is 7.06. The minimum Gasteiger partial charge on any atom is -0.493 e. The van der Waals surface area contributed by atoms with Crippen LogP contribution in [0, 0.1) is 0 Å². The maximum absolute atomic E-state index is 5.80. The molecule has 0 amide bonds. The Morgan fingerprint density at radius 3 is 2.94 bits per heavy atom. The molecule has 18 heavy (non-hydrogen) atoms. The lowest BCUT2D eigenvalue weighted by atomic mass is 10.1. The maximum Gasteiger partial charge on any atom is 0.124 e. The molecule has 0 radical (unpaired) electrons. The van der Waals surface area contributed by atoms with Crippen LogP contribution < -0.4 is 10.1 Å². The molecule has 1 atom stereocenters. The summed E-state index contributed by atoms with van der Waals surface area (Å²) in [6, 6.07) is 6.45. The lowest BCUT2D eigenvalue weighted by Gasteiger charge is -2.18. The summed E-state index contributed by atoms with van der Waals surface area (Å²) in [6.45, 7) is 9.73. The van der Waals surface area contributed by atoms with Crippen LogP contribution in [0.5, 0.6) is 5.75 Å². The number of benzene rings is 1. The Morgan fingerprint density at radius 1 is 1.50 bits per heavy atom. The third-order valence-electron chi connectivity index (χ3n) is 2.72. The molecular formula is C15H22BrNO. The molecule has 0 aromatic heterocycles. The predicted molar refractivity (Wildman–Crippen MR) is 81.2 cm³/mol. The van der Waals surface area contributed by atoms with Crippen molar-refractivity contribution in [3.63, 3.8) is 0 Å². The third-order valence-corrected chi connectivity index (χ3v) is 3.21. The molecule has 2 nitrogen and oxygen atoms in total. The van der Waals surface area contributed by atoms with Gasteiger partial charge in [0, 0.05) is 16.1 Å². The van der Waals surface area contributed by atoms with Crippen molar-refractivity contribution in [3.05, 3.63) is 40.9 Å². The molecule has 3 heteroatoms. The zero-order valence-electron chi connectivity index (χ0n) is 11.2. The zero-order valence-corrected chi connectivity index (χ0v) is 12.8. The SMILES string of the molecule is C=CCCOc1ccc(Br)cc1C(C)NCCC. The standard InChI is InChI=1S/C15H22BrNO/c1-4-6-10-18-15-8-7-13(16)11-14(15)12(3)17-9-5-2/h4,7-8,11-12,17H,1,5-6,9-10H2,2-3H3. The van der Waals surface area contributed by atoms with E-state index in [9.17, 15) is 0 Å². The zero-order chi connectivity index (χ0) is 13.4. The molecule has 0 saturated carbocycles. The summed E-state index contributed by atoms with van der Waals surface area (Å²) < 4.78 is 6.88. The van der Waals surface area contributed by atoms with Crippen molar-refractivity contribution in [1.82, 2.24) is 5.32 Å². The summed E-state index contributed by atoms with van der Waals surface area (Å²) >= 11 is 3.52. The summed E-state index contributed by atoms with van der Waals surface area (Å²) in [4.78, 5) is 0. The van der Waals surface area contributed by atoms with Gasteiger partial charge in [0.15, 0.2) is 0 Å². The lowest BCUT2D eigenvalue weighted by molar-refractivity contribution is 0.318. The first-order valence-electron chi connectivity index (χ1n) is 6.45. The third kappa shape index (κ3) is 4.83. The first-order valence-corrected chi connectivity index (χ1v) is 7.24. The van der Waals surface area contributed by atoms with Crippen molar-refractivity contribution in [2.45, 2.75) is 32.7 Å². The predicted octanol–water partition coefficient (Wildman–Crippen LogP) is 4.46. The van der Waals surface area contributed by atoms with Crippen molar-refractivity contribution in [3.8, 4) is 5.75 Å². The van der Waals surface area contributed by atoms with Crippen LogP contribution in [0.3, 0.4) is 0 Å². The highest BCUT2D eigenvalue weighted by Gasteiger charge is 2.11. The van der Waals surface area contributed by atoms with E-state index in [0.29, 0.717) is 12.6 Å². The number of halogens is 1. The highest BCUT2D eigenvalue weighted by molar-refractivity contribution is 9.10.